The second kappa shape index (κ2) is 3.21. The Morgan fingerprint density at radius 1 is 1.50 bits per heavy atom. The van der Waals surface area contributed by atoms with Crippen molar-refractivity contribution < 1.29 is 14.6 Å². The molecule has 1 unspecified atom stereocenters. The summed E-state index contributed by atoms with van der Waals surface area (Å²) in [6.45, 7) is 0.483. The number of carbonyl (C=O) groups excluding carboxylic acids is 1. The third-order valence-corrected chi connectivity index (χ3v) is 2.28. The van der Waals surface area contributed by atoms with Crippen molar-refractivity contribution in [3.8, 4) is 5.75 Å². The molecule has 0 spiro atoms. The summed E-state index contributed by atoms with van der Waals surface area (Å²) in [6.07, 6.45) is -0.702. The third-order valence-electron chi connectivity index (χ3n) is 2.28. The molecule has 4 heteroatoms. The predicted octanol–water partition coefficient (Wildman–Crippen LogP) is 1.52. The van der Waals surface area contributed by atoms with Gasteiger partial charge < -0.3 is 14.7 Å². The number of nitrogens with zero attached hydrogens (tertiary/aromatic N) is 1. The summed E-state index contributed by atoms with van der Waals surface area (Å²) in [5, 5.41) is 9.53. The van der Waals surface area contributed by atoms with E-state index >= 15 is 0 Å². The van der Waals surface area contributed by atoms with E-state index in [4.69, 9.17) is 4.74 Å². The van der Waals surface area contributed by atoms with E-state index in [-0.39, 0.29) is 17.9 Å². The molecular formula is C10H11NO3. The number of phenolic OH excluding ortho intramolecular Hbond substituents is 1. The van der Waals surface area contributed by atoms with Gasteiger partial charge in [0.1, 0.15) is 11.9 Å². The van der Waals surface area contributed by atoms with Crippen LogP contribution in [0, 0.1) is 0 Å². The number of amides is 1. The van der Waals surface area contributed by atoms with Crippen LogP contribution in [0.4, 0.5) is 4.79 Å². The highest BCUT2D eigenvalue weighted by Gasteiger charge is 2.30. The molecule has 1 aromatic carbocycles. The van der Waals surface area contributed by atoms with Crippen LogP contribution in [0.25, 0.3) is 0 Å². The Kier molecular flexibility index (Phi) is 2.04. The summed E-state index contributed by atoms with van der Waals surface area (Å²) >= 11 is 0. The SMILES string of the molecule is CN1CC(c2ccccc2O)OC1=O. The van der Waals surface area contributed by atoms with Crippen LogP contribution in [0.5, 0.6) is 5.75 Å². The molecule has 1 aliphatic rings. The molecule has 14 heavy (non-hydrogen) atoms. The van der Waals surface area contributed by atoms with Gasteiger partial charge in [0, 0.05) is 12.6 Å². The molecule has 1 amide bonds. The van der Waals surface area contributed by atoms with Crippen LogP contribution in [0.1, 0.15) is 11.7 Å². The van der Waals surface area contributed by atoms with Gasteiger partial charge in [-0.2, -0.15) is 0 Å². The van der Waals surface area contributed by atoms with Crippen LogP contribution < -0.4 is 0 Å². The first-order chi connectivity index (χ1) is 6.68. The highest BCUT2D eigenvalue weighted by molar-refractivity contribution is 5.70. The summed E-state index contributed by atoms with van der Waals surface area (Å²) in [5.41, 5.74) is 0.658. The lowest BCUT2D eigenvalue weighted by molar-refractivity contribution is 0.134. The summed E-state index contributed by atoms with van der Waals surface area (Å²) in [6, 6.07) is 6.88. The van der Waals surface area contributed by atoms with Gasteiger partial charge in [0.15, 0.2) is 0 Å². The zero-order chi connectivity index (χ0) is 10.1. The van der Waals surface area contributed by atoms with Crippen molar-refractivity contribution in [3.63, 3.8) is 0 Å². The number of cyclic esters (lactones) is 1. The minimum Gasteiger partial charge on any atom is -0.508 e. The van der Waals surface area contributed by atoms with Crippen molar-refractivity contribution in [2.24, 2.45) is 0 Å². The highest BCUT2D eigenvalue weighted by atomic mass is 16.6. The Morgan fingerprint density at radius 2 is 2.21 bits per heavy atom. The molecule has 2 rings (SSSR count). The van der Waals surface area contributed by atoms with E-state index < -0.39 is 0 Å². The van der Waals surface area contributed by atoms with Crippen LogP contribution in [0.2, 0.25) is 0 Å². The first kappa shape index (κ1) is 8.87. The monoisotopic (exact) mass is 193 g/mol. The number of ether oxygens (including phenoxy) is 1. The van der Waals surface area contributed by atoms with E-state index in [9.17, 15) is 9.90 Å². The predicted molar refractivity (Wildman–Crippen MR) is 50.0 cm³/mol. The molecule has 0 saturated carbocycles. The molecule has 0 bridgehead atoms. The smallest absolute Gasteiger partial charge is 0.410 e. The molecule has 1 atom stereocenters. The van der Waals surface area contributed by atoms with Crippen molar-refractivity contribution >= 4 is 6.09 Å². The van der Waals surface area contributed by atoms with Gasteiger partial charge in [-0.3, -0.25) is 0 Å². The van der Waals surface area contributed by atoms with Crippen molar-refractivity contribution in [2.75, 3.05) is 13.6 Å². The molecule has 0 radical (unpaired) electrons. The number of likely N-dealkylation sites (N-methyl/N-ethyl adjacent to an activating group) is 1. The lowest BCUT2D eigenvalue weighted by Crippen LogP contribution is -2.17. The second-order valence-electron chi connectivity index (χ2n) is 3.31. The fourth-order valence-electron chi connectivity index (χ4n) is 1.49. The molecule has 1 aliphatic heterocycles. The van der Waals surface area contributed by atoms with Gasteiger partial charge >= 0.3 is 6.09 Å². The summed E-state index contributed by atoms with van der Waals surface area (Å²) in [4.78, 5) is 12.6. The van der Waals surface area contributed by atoms with E-state index in [1.165, 1.54) is 4.90 Å². The van der Waals surface area contributed by atoms with Gasteiger partial charge in [-0.15, -0.1) is 0 Å². The second-order valence-corrected chi connectivity index (χ2v) is 3.31. The van der Waals surface area contributed by atoms with E-state index in [0.29, 0.717) is 12.1 Å². The molecule has 0 aliphatic carbocycles. The summed E-state index contributed by atoms with van der Waals surface area (Å²) < 4.78 is 5.07. The molecule has 1 heterocycles. The van der Waals surface area contributed by atoms with Gasteiger partial charge in [0.25, 0.3) is 0 Å². The average Bonchev–Trinajstić information content (AvgIpc) is 2.48. The van der Waals surface area contributed by atoms with Crippen LogP contribution >= 0.6 is 0 Å². The van der Waals surface area contributed by atoms with E-state index in [0.717, 1.165) is 0 Å². The number of carbonyl (C=O) groups is 1. The van der Waals surface area contributed by atoms with Gasteiger partial charge in [-0.05, 0) is 6.07 Å². The Labute approximate surface area is 81.7 Å². The molecule has 4 nitrogen and oxygen atoms in total. The van der Waals surface area contributed by atoms with Gasteiger partial charge in [0.05, 0.1) is 6.54 Å². The van der Waals surface area contributed by atoms with Gasteiger partial charge in [-0.25, -0.2) is 4.79 Å². The molecule has 1 aromatic rings. The van der Waals surface area contributed by atoms with Gasteiger partial charge in [-0.1, -0.05) is 18.2 Å². The lowest BCUT2D eigenvalue weighted by Gasteiger charge is -2.09. The van der Waals surface area contributed by atoms with E-state index in [1.54, 1.807) is 31.3 Å². The molecule has 0 aromatic heterocycles. The normalized spacial score (nSPS) is 21.1. The topological polar surface area (TPSA) is 49.8 Å². The number of aromatic hydroxyl groups is 1. The van der Waals surface area contributed by atoms with Crippen molar-refractivity contribution in [1.29, 1.82) is 0 Å². The Balaban J connectivity index is 2.25. The molecule has 1 saturated heterocycles. The maximum atomic E-state index is 11.1. The van der Waals surface area contributed by atoms with Crippen LogP contribution in [-0.4, -0.2) is 29.7 Å². The quantitative estimate of drug-likeness (QED) is 0.735. The van der Waals surface area contributed by atoms with Crippen LogP contribution in [-0.2, 0) is 4.74 Å². The molecular weight excluding hydrogens is 182 g/mol. The zero-order valence-electron chi connectivity index (χ0n) is 7.80. The maximum absolute atomic E-state index is 11.1. The Bertz CT molecular complexity index is 364. The number of phenols is 1. The van der Waals surface area contributed by atoms with Crippen molar-refractivity contribution in [3.05, 3.63) is 29.8 Å². The third kappa shape index (κ3) is 1.39. The number of hydrogen-bond acceptors (Lipinski definition) is 3. The van der Waals surface area contributed by atoms with E-state index in [1.807, 2.05) is 0 Å². The lowest BCUT2D eigenvalue weighted by atomic mass is 10.1. The first-order valence-electron chi connectivity index (χ1n) is 4.38. The minimum absolute atomic E-state index is 0.167. The minimum atomic E-state index is -0.353. The number of hydrogen-bond donors (Lipinski definition) is 1. The fraction of sp³-hybridized carbons (Fsp3) is 0.300. The fourth-order valence-corrected chi connectivity index (χ4v) is 1.49. The standard InChI is InChI=1S/C10H11NO3/c1-11-6-9(14-10(11)13)7-4-2-3-5-8(7)12/h2-5,9,12H,6H2,1H3. The highest BCUT2D eigenvalue weighted by Crippen LogP contribution is 2.30. The largest absolute Gasteiger partial charge is 0.508 e. The van der Waals surface area contributed by atoms with E-state index in [2.05, 4.69) is 0 Å². The summed E-state index contributed by atoms with van der Waals surface area (Å²) in [5.74, 6) is 0.167. The number of benzene rings is 1. The Morgan fingerprint density at radius 3 is 2.79 bits per heavy atom. The molecule has 1 N–H and O–H groups in total. The summed E-state index contributed by atoms with van der Waals surface area (Å²) in [7, 11) is 1.67. The Hall–Kier alpha value is -1.71. The van der Waals surface area contributed by atoms with Crippen LogP contribution in [0.15, 0.2) is 24.3 Å². The number of rotatable bonds is 1. The zero-order valence-corrected chi connectivity index (χ0v) is 7.80. The van der Waals surface area contributed by atoms with Gasteiger partial charge in [0.2, 0.25) is 0 Å². The molecule has 1 fully saturated rings. The number of para-hydroxylation sites is 1. The average molecular weight is 193 g/mol. The maximum Gasteiger partial charge on any atom is 0.410 e. The van der Waals surface area contributed by atoms with Crippen molar-refractivity contribution in [2.45, 2.75) is 6.10 Å². The first-order valence-corrected chi connectivity index (χ1v) is 4.38. The van der Waals surface area contributed by atoms with Crippen LogP contribution in [0.3, 0.4) is 0 Å². The molecule has 74 valence electrons. The van der Waals surface area contributed by atoms with Crippen molar-refractivity contribution in [1.82, 2.24) is 4.90 Å².